The van der Waals surface area contributed by atoms with Crippen LogP contribution in [0, 0.1) is 11.3 Å². The summed E-state index contributed by atoms with van der Waals surface area (Å²) in [7, 11) is 0. The van der Waals surface area contributed by atoms with Gasteiger partial charge in [0.25, 0.3) is 5.91 Å². The van der Waals surface area contributed by atoms with Crippen molar-refractivity contribution in [2.45, 2.75) is 45.5 Å². The Labute approximate surface area is 212 Å². The summed E-state index contributed by atoms with van der Waals surface area (Å²) in [5, 5.41) is 18.9. The van der Waals surface area contributed by atoms with Gasteiger partial charge in [-0.05, 0) is 58.0 Å². The molecule has 3 N–H and O–H groups in total. The third-order valence-electron chi connectivity index (χ3n) is 5.06. The number of hydrogen-bond acceptors (Lipinski definition) is 7. The number of carbonyl (C=O) groups excluding carboxylic acids is 1. The van der Waals surface area contributed by atoms with Gasteiger partial charge in [0.15, 0.2) is 0 Å². The first-order chi connectivity index (χ1) is 16.1. The molecule has 0 aliphatic rings. The molecule has 0 aliphatic carbocycles. The molecule has 0 bridgehead atoms. The van der Waals surface area contributed by atoms with E-state index < -0.39 is 17.7 Å². The van der Waals surface area contributed by atoms with Gasteiger partial charge in [0, 0.05) is 23.7 Å². The number of nitrogens with zero attached hydrogens (tertiary/aromatic N) is 3. The van der Waals surface area contributed by atoms with Crippen molar-refractivity contribution in [3.05, 3.63) is 53.7 Å². The third kappa shape index (κ3) is 6.30. The Morgan fingerprint density at radius 1 is 1.24 bits per heavy atom. The van der Waals surface area contributed by atoms with Crippen molar-refractivity contribution in [1.82, 2.24) is 15.3 Å². The normalized spacial score (nSPS) is 12.3. The molecule has 1 atom stereocenters. The van der Waals surface area contributed by atoms with Gasteiger partial charge in [-0.25, -0.2) is 14.4 Å². The van der Waals surface area contributed by atoms with Gasteiger partial charge in [-0.3, -0.25) is 4.79 Å². The first-order valence-electron chi connectivity index (χ1n) is 10.7. The molecule has 0 fully saturated rings. The number of fused-ring (bicyclic) bond motifs is 1. The minimum absolute atomic E-state index is 0.0511. The molecular formula is C24H26FIN6O2. The predicted octanol–water partition coefficient (Wildman–Crippen LogP) is 5.28. The number of alkyl halides is 1. The molecule has 2 heterocycles. The Morgan fingerprint density at radius 2 is 2.00 bits per heavy atom. The van der Waals surface area contributed by atoms with Crippen molar-refractivity contribution >= 4 is 57.1 Å². The number of hydrogen-bond donors (Lipinski definition) is 3. The lowest BCUT2D eigenvalue weighted by atomic mass is 10.0. The smallest absolute Gasteiger partial charge is 0.255 e. The van der Waals surface area contributed by atoms with Gasteiger partial charge in [-0.15, -0.1) is 0 Å². The maximum absolute atomic E-state index is 14.4. The van der Waals surface area contributed by atoms with Gasteiger partial charge in [-0.2, -0.15) is 5.26 Å². The molecule has 178 valence electrons. The average Bonchev–Trinajstić information content (AvgIpc) is 2.81. The molecule has 3 rings (SSSR count). The maximum Gasteiger partial charge on any atom is 0.255 e. The summed E-state index contributed by atoms with van der Waals surface area (Å²) in [6.07, 6.45) is 0.0579. The highest BCUT2D eigenvalue weighted by atomic mass is 127. The highest BCUT2D eigenvalue weighted by Crippen LogP contribution is 2.24. The molecule has 34 heavy (non-hydrogen) atoms. The molecule has 0 aliphatic heterocycles. The quantitative estimate of drug-likeness (QED) is 0.297. The molecule has 0 saturated heterocycles. The van der Waals surface area contributed by atoms with Crippen LogP contribution in [0.1, 0.15) is 43.6 Å². The molecule has 8 nitrogen and oxygen atoms in total. The van der Waals surface area contributed by atoms with E-state index in [4.69, 9.17) is 8.33 Å². The Balaban J connectivity index is 1.80. The lowest BCUT2D eigenvalue weighted by molar-refractivity contribution is 0.0573. The molecular weight excluding hydrogens is 550 g/mol. The van der Waals surface area contributed by atoms with E-state index in [1.165, 1.54) is 6.20 Å². The second kappa shape index (κ2) is 10.9. The molecule has 0 radical (unpaired) electrons. The first-order valence-corrected chi connectivity index (χ1v) is 11.6. The van der Waals surface area contributed by atoms with Crippen molar-refractivity contribution in [1.29, 1.82) is 5.26 Å². The van der Waals surface area contributed by atoms with Crippen LogP contribution < -0.4 is 16.0 Å². The molecule has 2 aromatic heterocycles. The number of amides is 1. The Kier molecular flexibility index (Phi) is 8.22. The van der Waals surface area contributed by atoms with Crippen LogP contribution >= 0.6 is 23.0 Å². The number of halogens is 2. The number of rotatable bonds is 9. The van der Waals surface area contributed by atoms with E-state index in [0.29, 0.717) is 28.5 Å². The van der Waals surface area contributed by atoms with E-state index in [2.05, 4.69) is 32.0 Å². The lowest BCUT2D eigenvalue weighted by Gasteiger charge is -2.25. The van der Waals surface area contributed by atoms with Gasteiger partial charge >= 0.3 is 0 Å². The zero-order valence-corrected chi connectivity index (χ0v) is 21.5. The van der Waals surface area contributed by atoms with E-state index in [1.54, 1.807) is 67.2 Å². The molecule has 3 aromatic rings. The van der Waals surface area contributed by atoms with E-state index in [9.17, 15) is 9.18 Å². The molecule has 0 spiro atoms. The molecule has 0 saturated carbocycles. The number of aromatic nitrogens is 2. The average molecular weight is 576 g/mol. The fourth-order valence-corrected chi connectivity index (χ4v) is 3.38. The van der Waals surface area contributed by atoms with E-state index >= 15 is 0 Å². The van der Waals surface area contributed by atoms with E-state index in [0.717, 1.165) is 10.9 Å². The number of anilines is 3. The highest BCUT2D eigenvalue weighted by molar-refractivity contribution is 14.1. The third-order valence-corrected chi connectivity index (χ3v) is 6.20. The summed E-state index contributed by atoms with van der Waals surface area (Å²) in [6, 6.07) is 12.8. The number of nitrogens with one attached hydrogen (secondary N) is 3. The summed E-state index contributed by atoms with van der Waals surface area (Å²) in [5.41, 5.74) is 1.14. The fraction of sp³-hybridized carbons (Fsp3) is 0.333. The summed E-state index contributed by atoms with van der Waals surface area (Å²) >= 11 is 1.65. The van der Waals surface area contributed by atoms with Crippen LogP contribution in [0.15, 0.2) is 42.6 Å². The summed E-state index contributed by atoms with van der Waals surface area (Å²) in [4.78, 5) is 21.7. The Bertz CT molecular complexity index is 1230. The fourth-order valence-electron chi connectivity index (χ4n) is 3.10. The number of nitriles is 1. The van der Waals surface area contributed by atoms with Crippen LogP contribution in [0.25, 0.3) is 10.9 Å². The monoisotopic (exact) mass is 576 g/mol. The van der Waals surface area contributed by atoms with Gasteiger partial charge < -0.3 is 19.0 Å². The number of carbonyl (C=O) groups is 1. The van der Waals surface area contributed by atoms with E-state index in [1.807, 2.05) is 19.9 Å². The molecule has 10 heteroatoms. The molecule has 0 unspecified atom stereocenters. The largest absolute Gasteiger partial charge is 0.382 e. The van der Waals surface area contributed by atoms with Gasteiger partial charge in [0.1, 0.15) is 46.4 Å². The van der Waals surface area contributed by atoms with E-state index in [-0.39, 0.29) is 12.6 Å². The first kappa shape index (κ1) is 25.6. The Morgan fingerprint density at radius 3 is 2.68 bits per heavy atom. The van der Waals surface area contributed by atoms with Crippen molar-refractivity contribution in [2.75, 3.05) is 17.2 Å². The number of pyridine rings is 2. The Hall–Kier alpha value is -3.04. The standard InChI is InChI=1S/C24H26FIN6O2/c1-14(2)30-19-10-22(28-12-17(19)23(33)29-13-20(25)24(3,4)34-26)32-21-8-6-16-9-15(11-27)5-7-18(16)31-21/h5-10,12,14,20H,13H2,1-4H3,(H,29,33)(H2,28,30,31,32)/t20-/m1/s1. The minimum Gasteiger partial charge on any atom is -0.382 e. The van der Waals surface area contributed by atoms with Gasteiger partial charge in [0.2, 0.25) is 0 Å². The highest BCUT2D eigenvalue weighted by Gasteiger charge is 2.31. The minimum atomic E-state index is -1.38. The molecule has 1 aromatic carbocycles. The van der Waals surface area contributed by atoms with Crippen molar-refractivity contribution in [3.8, 4) is 6.07 Å². The van der Waals surface area contributed by atoms with Crippen LogP contribution in [0.4, 0.5) is 21.7 Å². The zero-order chi connectivity index (χ0) is 24.9. The predicted molar refractivity (Wildman–Crippen MR) is 139 cm³/mol. The van der Waals surface area contributed by atoms with Crippen LogP contribution in [0.5, 0.6) is 0 Å². The van der Waals surface area contributed by atoms with Gasteiger partial charge in [-0.1, -0.05) is 0 Å². The summed E-state index contributed by atoms with van der Waals surface area (Å²) in [6.45, 7) is 6.95. The second-order valence-corrected chi connectivity index (χ2v) is 9.05. The summed E-state index contributed by atoms with van der Waals surface area (Å²) < 4.78 is 19.5. The second-order valence-electron chi connectivity index (χ2n) is 8.61. The SMILES string of the molecule is CC(C)Nc1cc(Nc2ccc3cc(C#N)ccc3n2)ncc1C(=O)NC[C@@H](F)C(C)(C)OI. The van der Waals surface area contributed by atoms with Gasteiger partial charge in [0.05, 0.1) is 34.9 Å². The summed E-state index contributed by atoms with van der Waals surface area (Å²) in [5.74, 6) is 0.618. The van der Waals surface area contributed by atoms with Crippen LogP contribution in [-0.2, 0) is 3.07 Å². The topological polar surface area (TPSA) is 112 Å². The van der Waals surface area contributed by atoms with Crippen molar-refractivity contribution < 1.29 is 12.3 Å². The zero-order valence-electron chi connectivity index (χ0n) is 19.3. The molecule has 1 amide bonds. The lowest BCUT2D eigenvalue weighted by Crippen LogP contribution is -2.42. The van der Waals surface area contributed by atoms with Crippen molar-refractivity contribution in [2.24, 2.45) is 0 Å². The maximum atomic E-state index is 14.4. The van der Waals surface area contributed by atoms with Crippen LogP contribution in [-0.4, -0.2) is 40.2 Å². The number of benzene rings is 1. The van der Waals surface area contributed by atoms with Crippen LogP contribution in [0.3, 0.4) is 0 Å². The van der Waals surface area contributed by atoms with Crippen LogP contribution in [0.2, 0.25) is 0 Å². The van der Waals surface area contributed by atoms with Crippen molar-refractivity contribution in [3.63, 3.8) is 0 Å².